The van der Waals surface area contributed by atoms with E-state index in [0.717, 1.165) is 21.5 Å². The second-order valence-corrected chi connectivity index (χ2v) is 4.68. The quantitative estimate of drug-likeness (QED) is 0.825. The van der Waals surface area contributed by atoms with Gasteiger partial charge in [0.2, 0.25) is 0 Å². The summed E-state index contributed by atoms with van der Waals surface area (Å²) in [6, 6.07) is 7.84. The van der Waals surface area contributed by atoms with E-state index in [2.05, 4.69) is 28.9 Å². The van der Waals surface area contributed by atoms with E-state index in [0.29, 0.717) is 0 Å². The van der Waals surface area contributed by atoms with Crippen molar-refractivity contribution in [3.8, 4) is 6.07 Å². The highest BCUT2D eigenvalue weighted by atomic mass is 79.9. The fraction of sp³-hybridized carbons (Fsp3) is 0.300. The molecule has 1 aromatic rings. The fourth-order valence-electron chi connectivity index (χ4n) is 0.967. The number of nitriles is 1. The van der Waals surface area contributed by atoms with Gasteiger partial charge in [-0.25, -0.2) is 0 Å². The third-order valence-electron chi connectivity index (χ3n) is 1.64. The van der Waals surface area contributed by atoms with E-state index in [1.807, 2.05) is 30.0 Å². The molecular formula is C10H10BrNS. The van der Waals surface area contributed by atoms with Gasteiger partial charge in [0, 0.05) is 10.2 Å². The molecule has 0 saturated carbocycles. The minimum atomic E-state index is 0.731. The zero-order valence-corrected chi connectivity index (χ0v) is 9.78. The maximum absolute atomic E-state index is 8.71. The predicted octanol–water partition coefficient (Wildman–Crippen LogP) is 3.57. The Morgan fingerprint density at radius 2 is 2.31 bits per heavy atom. The molecule has 0 N–H and O–H groups in total. The molecule has 0 amide bonds. The molecule has 0 bridgehead atoms. The standard InChI is InChI=1S/C10H10BrNS/c1-2-13-7-9-5-8(6-12)3-4-10(9)11/h3-5H,2,7H2,1H3. The SMILES string of the molecule is CCSCc1cc(C#N)ccc1Br. The second-order valence-electron chi connectivity index (χ2n) is 2.56. The molecule has 1 aromatic carbocycles. The van der Waals surface area contributed by atoms with Gasteiger partial charge in [-0.15, -0.1) is 0 Å². The lowest BCUT2D eigenvalue weighted by atomic mass is 10.2. The Balaban J connectivity index is 2.85. The normalized spacial score (nSPS) is 9.62. The zero-order chi connectivity index (χ0) is 9.68. The summed E-state index contributed by atoms with van der Waals surface area (Å²) in [5.74, 6) is 2.07. The summed E-state index contributed by atoms with van der Waals surface area (Å²) in [4.78, 5) is 0. The minimum Gasteiger partial charge on any atom is -0.192 e. The Hall–Kier alpha value is -0.460. The van der Waals surface area contributed by atoms with Crippen molar-refractivity contribution in [2.75, 3.05) is 5.75 Å². The lowest BCUT2D eigenvalue weighted by Gasteiger charge is -2.03. The minimum absolute atomic E-state index is 0.731. The maximum atomic E-state index is 8.71. The van der Waals surface area contributed by atoms with Crippen LogP contribution in [0.15, 0.2) is 22.7 Å². The number of thioether (sulfide) groups is 1. The molecule has 0 aliphatic carbocycles. The third-order valence-corrected chi connectivity index (χ3v) is 3.33. The molecule has 13 heavy (non-hydrogen) atoms. The van der Waals surface area contributed by atoms with Crippen molar-refractivity contribution in [3.05, 3.63) is 33.8 Å². The van der Waals surface area contributed by atoms with Crippen LogP contribution in [-0.2, 0) is 5.75 Å². The highest BCUT2D eigenvalue weighted by Gasteiger charge is 2.00. The Morgan fingerprint density at radius 1 is 1.54 bits per heavy atom. The number of halogens is 1. The predicted molar refractivity (Wildman–Crippen MR) is 60.7 cm³/mol. The molecule has 0 aliphatic heterocycles. The summed E-state index contributed by atoms with van der Waals surface area (Å²) < 4.78 is 1.09. The highest BCUT2D eigenvalue weighted by Crippen LogP contribution is 2.22. The molecule has 0 radical (unpaired) electrons. The molecule has 0 spiro atoms. The van der Waals surface area contributed by atoms with Crippen LogP contribution in [0.2, 0.25) is 0 Å². The number of hydrogen-bond donors (Lipinski definition) is 0. The Labute approximate surface area is 91.3 Å². The van der Waals surface area contributed by atoms with Crippen LogP contribution in [-0.4, -0.2) is 5.75 Å². The molecular weight excluding hydrogens is 246 g/mol. The smallest absolute Gasteiger partial charge is 0.0991 e. The average molecular weight is 256 g/mol. The van der Waals surface area contributed by atoms with Crippen LogP contribution >= 0.6 is 27.7 Å². The number of rotatable bonds is 3. The maximum Gasteiger partial charge on any atom is 0.0991 e. The highest BCUT2D eigenvalue weighted by molar-refractivity contribution is 9.10. The monoisotopic (exact) mass is 255 g/mol. The van der Waals surface area contributed by atoms with Crippen LogP contribution < -0.4 is 0 Å². The molecule has 0 aliphatic rings. The van der Waals surface area contributed by atoms with Crippen LogP contribution in [0.25, 0.3) is 0 Å². The van der Waals surface area contributed by atoms with Gasteiger partial charge in [0.05, 0.1) is 11.6 Å². The fourth-order valence-corrected chi connectivity index (χ4v) is 2.20. The van der Waals surface area contributed by atoms with Gasteiger partial charge >= 0.3 is 0 Å². The van der Waals surface area contributed by atoms with Gasteiger partial charge < -0.3 is 0 Å². The number of nitrogens with zero attached hydrogens (tertiary/aromatic N) is 1. The molecule has 0 fully saturated rings. The second kappa shape index (κ2) is 5.31. The van der Waals surface area contributed by atoms with Gasteiger partial charge in [-0.05, 0) is 29.5 Å². The van der Waals surface area contributed by atoms with E-state index in [9.17, 15) is 0 Å². The molecule has 1 rings (SSSR count). The third kappa shape index (κ3) is 3.06. The molecule has 0 atom stereocenters. The Bertz CT molecular complexity index is 330. The zero-order valence-electron chi connectivity index (χ0n) is 7.38. The van der Waals surface area contributed by atoms with Crippen molar-refractivity contribution < 1.29 is 0 Å². The Kier molecular flexibility index (Phi) is 4.34. The van der Waals surface area contributed by atoms with E-state index in [1.165, 1.54) is 5.56 Å². The largest absolute Gasteiger partial charge is 0.192 e. The van der Waals surface area contributed by atoms with Crippen molar-refractivity contribution in [2.45, 2.75) is 12.7 Å². The summed E-state index contributed by atoms with van der Waals surface area (Å²) >= 11 is 5.32. The van der Waals surface area contributed by atoms with Gasteiger partial charge in [-0.3, -0.25) is 0 Å². The van der Waals surface area contributed by atoms with Crippen LogP contribution in [0.3, 0.4) is 0 Å². The average Bonchev–Trinajstić information content (AvgIpc) is 2.17. The Morgan fingerprint density at radius 3 is 2.92 bits per heavy atom. The van der Waals surface area contributed by atoms with Crippen LogP contribution in [0.4, 0.5) is 0 Å². The molecule has 68 valence electrons. The van der Waals surface area contributed by atoms with E-state index >= 15 is 0 Å². The summed E-state index contributed by atoms with van der Waals surface area (Å²) in [6.45, 7) is 2.13. The summed E-state index contributed by atoms with van der Waals surface area (Å²) in [6.07, 6.45) is 0. The molecule has 0 unspecified atom stereocenters. The molecule has 1 nitrogen and oxygen atoms in total. The first-order valence-corrected chi connectivity index (χ1v) is 5.99. The van der Waals surface area contributed by atoms with Gasteiger partial charge in [-0.2, -0.15) is 17.0 Å². The van der Waals surface area contributed by atoms with E-state index in [-0.39, 0.29) is 0 Å². The molecule has 0 heterocycles. The molecule has 0 aromatic heterocycles. The number of benzene rings is 1. The lowest BCUT2D eigenvalue weighted by Crippen LogP contribution is -1.85. The summed E-state index contributed by atoms with van der Waals surface area (Å²) in [5, 5.41) is 8.71. The number of hydrogen-bond acceptors (Lipinski definition) is 2. The topological polar surface area (TPSA) is 23.8 Å². The van der Waals surface area contributed by atoms with Crippen molar-refractivity contribution in [1.82, 2.24) is 0 Å². The lowest BCUT2D eigenvalue weighted by molar-refractivity contribution is 1.35. The van der Waals surface area contributed by atoms with Crippen LogP contribution in [0.1, 0.15) is 18.1 Å². The molecule has 3 heteroatoms. The summed E-state index contributed by atoms with van der Waals surface area (Å²) in [7, 11) is 0. The molecule has 0 saturated heterocycles. The van der Waals surface area contributed by atoms with Crippen molar-refractivity contribution >= 4 is 27.7 Å². The van der Waals surface area contributed by atoms with Crippen LogP contribution in [0, 0.1) is 11.3 Å². The van der Waals surface area contributed by atoms with E-state index < -0.39 is 0 Å². The first-order chi connectivity index (χ1) is 6.27. The first-order valence-electron chi connectivity index (χ1n) is 4.04. The first kappa shape index (κ1) is 10.6. The van der Waals surface area contributed by atoms with Crippen molar-refractivity contribution in [2.24, 2.45) is 0 Å². The van der Waals surface area contributed by atoms with E-state index in [4.69, 9.17) is 5.26 Å². The van der Waals surface area contributed by atoms with Gasteiger partial charge in [0.15, 0.2) is 0 Å². The van der Waals surface area contributed by atoms with Gasteiger partial charge in [0.1, 0.15) is 0 Å². The van der Waals surface area contributed by atoms with Crippen molar-refractivity contribution in [1.29, 1.82) is 5.26 Å². The van der Waals surface area contributed by atoms with Gasteiger partial charge in [-0.1, -0.05) is 22.9 Å². The van der Waals surface area contributed by atoms with Crippen LogP contribution in [0.5, 0.6) is 0 Å². The van der Waals surface area contributed by atoms with Crippen molar-refractivity contribution in [3.63, 3.8) is 0 Å². The van der Waals surface area contributed by atoms with Gasteiger partial charge in [0.25, 0.3) is 0 Å². The summed E-state index contributed by atoms with van der Waals surface area (Å²) in [5.41, 5.74) is 1.93. The van der Waals surface area contributed by atoms with E-state index in [1.54, 1.807) is 0 Å².